The van der Waals surface area contributed by atoms with Gasteiger partial charge in [0.05, 0.1) is 16.1 Å². The molecule has 2 heterocycles. The quantitative estimate of drug-likeness (QED) is 0.131. The minimum absolute atomic E-state index is 0.0312. The third kappa shape index (κ3) is 5.98. The zero-order valence-corrected chi connectivity index (χ0v) is 25.3. The van der Waals surface area contributed by atoms with Gasteiger partial charge in [-0.2, -0.15) is 5.10 Å². The van der Waals surface area contributed by atoms with Crippen LogP contribution >= 0.6 is 0 Å². The van der Waals surface area contributed by atoms with Crippen LogP contribution in [0.5, 0.6) is 0 Å². The third-order valence-corrected chi connectivity index (χ3v) is 9.80. The molecule has 5 rings (SSSR count). The van der Waals surface area contributed by atoms with Crippen LogP contribution in [0.3, 0.4) is 0 Å². The highest BCUT2D eigenvalue weighted by Gasteiger charge is 2.26. The zero-order chi connectivity index (χ0) is 30.2. The number of ether oxygens (including phenoxy) is 1. The second-order valence-electron chi connectivity index (χ2n) is 11.2. The molecule has 5 aromatic rings. The van der Waals surface area contributed by atoms with E-state index in [1.165, 1.54) is 35.1 Å². The largest absolute Gasteiger partial charge is 0.360 e. The zero-order valence-electron chi connectivity index (χ0n) is 23.5. The predicted octanol–water partition coefficient (Wildman–Crippen LogP) is 6.93. The summed E-state index contributed by atoms with van der Waals surface area (Å²) in [5.41, 5.74) is -0.489. The van der Waals surface area contributed by atoms with Crippen LogP contribution in [-0.2, 0) is 21.5 Å². The lowest BCUT2D eigenvalue weighted by molar-refractivity contribution is 0.0815. The summed E-state index contributed by atoms with van der Waals surface area (Å²) in [7, 11) is -5.59. The molecule has 0 unspecified atom stereocenters. The lowest BCUT2D eigenvalue weighted by Crippen LogP contribution is -2.22. The van der Waals surface area contributed by atoms with Gasteiger partial charge in [0.1, 0.15) is 23.8 Å². The number of halogens is 3. The fourth-order valence-electron chi connectivity index (χ4n) is 4.42. The van der Waals surface area contributed by atoms with E-state index < -0.39 is 52.4 Å². The Morgan fingerprint density at radius 3 is 2.40 bits per heavy atom. The number of fused-ring (bicyclic) bond motifs is 1. The Bertz CT molecular complexity index is 1850. The Morgan fingerprint density at radius 2 is 1.74 bits per heavy atom. The van der Waals surface area contributed by atoms with Crippen molar-refractivity contribution < 1.29 is 26.3 Å². The van der Waals surface area contributed by atoms with E-state index in [4.69, 9.17) is 4.74 Å². The summed E-state index contributed by atoms with van der Waals surface area (Å²) in [6.45, 7) is 8.77. The van der Waals surface area contributed by atoms with E-state index in [0.717, 1.165) is 23.7 Å². The van der Waals surface area contributed by atoms with Crippen molar-refractivity contribution in [3.05, 3.63) is 83.9 Å². The van der Waals surface area contributed by atoms with Gasteiger partial charge in [-0.3, -0.25) is 4.72 Å². The molecule has 42 heavy (non-hydrogen) atoms. The lowest BCUT2D eigenvalue weighted by Gasteiger charge is -2.16. The SMILES string of the molecule is Cc1ccc(S(=O)(=O)Nc2ccc(F)c(-c3ccc4c(-c5ncc[nH]5)nn(COCC[Si](C)(C)C)c4c3F)c2F)cc1. The first-order valence-corrected chi connectivity index (χ1v) is 18.4. The van der Waals surface area contributed by atoms with Crippen molar-refractivity contribution in [3.8, 4) is 22.6 Å². The summed E-state index contributed by atoms with van der Waals surface area (Å²) in [4.78, 5) is 7.06. The molecule has 0 aliphatic rings. The van der Waals surface area contributed by atoms with Crippen molar-refractivity contribution in [1.82, 2.24) is 19.7 Å². The summed E-state index contributed by atoms with van der Waals surface area (Å²) in [6, 6.07) is 11.4. The molecule has 0 spiro atoms. The molecule has 220 valence electrons. The highest BCUT2D eigenvalue weighted by Crippen LogP contribution is 2.38. The maximum absolute atomic E-state index is 16.3. The molecule has 0 bridgehead atoms. The summed E-state index contributed by atoms with van der Waals surface area (Å²) in [5, 5.41) is 4.86. The van der Waals surface area contributed by atoms with Crippen LogP contribution in [0, 0.1) is 24.4 Å². The van der Waals surface area contributed by atoms with Gasteiger partial charge in [0.15, 0.2) is 17.5 Å². The second kappa shape index (κ2) is 11.4. The fourth-order valence-corrected chi connectivity index (χ4v) is 6.23. The Hall–Kier alpha value is -3.94. The number of nitrogens with one attached hydrogen (secondary N) is 2. The van der Waals surface area contributed by atoms with Gasteiger partial charge in [-0.15, -0.1) is 0 Å². The number of benzene rings is 3. The topological polar surface area (TPSA) is 102 Å². The number of rotatable bonds is 10. The average molecular weight is 614 g/mol. The molecule has 0 saturated carbocycles. The number of aromatic amines is 1. The number of sulfonamides is 1. The Balaban J connectivity index is 1.58. The smallest absolute Gasteiger partial charge is 0.261 e. The van der Waals surface area contributed by atoms with Gasteiger partial charge in [-0.25, -0.2) is 31.3 Å². The number of hydrogen-bond acceptors (Lipinski definition) is 5. The Morgan fingerprint density at radius 1 is 1.00 bits per heavy atom. The Labute approximate surface area is 242 Å². The maximum atomic E-state index is 16.3. The molecule has 2 N–H and O–H groups in total. The molecule has 3 aromatic carbocycles. The van der Waals surface area contributed by atoms with Crippen molar-refractivity contribution in [2.75, 3.05) is 11.3 Å². The summed E-state index contributed by atoms with van der Waals surface area (Å²) in [6.07, 6.45) is 3.13. The van der Waals surface area contributed by atoms with Crippen molar-refractivity contribution >= 4 is 34.7 Å². The van der Waals surface area contributed by atoms with Crippen LogP contribution in [-0.4, -0.2) is 42.8 Å². The lowest BCUT2D eigenvalue weighted by atomic mass is 10.0. The average Bonchev–Trinajstić information content (AvgIpc) is 3.58. The Kier molecular flexibility index (Phi) is 8.01. The van der Waals surface area contributed by atoms with E-state index in [2.05, 4.69) is 39.4 Å². The molecule has 13 heteroatoms. The second-order valence-corrected chi connectivity index (χ2v) is 18.5. The first kappa shape index (κ1) is 29.5. The van der Waals surface area contributed by atoms with Gasteiger partial charge in [0.2, 0.25) is 0 Å². The minimum atomic E-state index is -4.21. The normalized spacial score (nSPS) is 12.3. The monoisotopic (exact) mass is 613 g/mol. The summed E-state index contributed by atoms with van der Waals surface area (Å²) in [5.74, 6) is -2.87. The molecular weight excluding hydrogens is 583 g/mol. The van der Waals surface area contributed by atoms with E-state index in [0.29, 0.717) is 23.5 Å². The van der Waals surface area contributed by atoms with E-state index in [1.54, 1.807) is 25.3 Å². The van der Waals surface area contributed by atoms with Crippen LogP contribution < -0.4 is 4.72 Å². The molecule has 0 amide bonds. The molecule has 0 saturated heterocycles. The van der Waals surface area contributed by atoms with E-state index in [1.807, 2.05) is 0 Å². The molecule has 0 fully saturated rings. The van der Waals surface area contributed by atoms with Crippen molar-refractivity contribution in [3.63, 3.8) is 0 Å². The van der Waals surface area contributed by atoms with Gasteiger partial charge in [0.25, 0.3) is 10.0 Å². The van der Waals surface area contributed by atoms with Gasteiger partial charge in [0, 0.05) is 38.0 Å². The molecule has 0 atom stereocenters. The van der Waals surface area contributed by atoms with E-state index in [9.17, 15) is 8.42 Å². The molecule has 0 aliphatic carbocycles. The number of hydrogen-bond donors (Lipinski definition) is 2. The highest BCUT2D eigenvalue weighted by atomic mass is 32.2. The van der Waals surface area contributed by atoms with Gasteiger partial charge < -0.3 is 9.72 Å². The van der Waals surface area contributed by atoms with Crippen molar-refractivity contribution in [2.24, 2.45) is 0 Å². The van der Waals surface area contributed by atoms with Crippen LogP contribution in [0.15, 0.2) is 65.8 Å². The van der Waals surface area contributed by atoms with E-state index >= 15 is 13.2 Å². The number of aromatic nitrogens is 4. The van der Waals surface area contributed by atoms with Crippen LogP contribution in [0.2, 0.25) is 25.7 Å². The summed E-state index contributed by atoms with van der Waals surface area (Å²) < 4.78 is 82.3. The highest BCUT2D eigenvalue weighted by molar-refractivity contribution is 7.92. The van der Waals surface area contributed by atoms with E-state index in [-0.39, 0.29) is 17.1 Å². The van der Waals surface area contributed by atoms with Crippen molar-refractivity contribution in [2.45, 2.75) is 44.2 Å². The number of imidazole rings is 1. The van der Waals surface area contributed by atoms with Crippen molar-refractivity contribution in [1.29, 1.82) is 0 Å². The number of nitrogens with zero attached hydrogens (tertiary/aromatic N) is 3. The van der Waals surface area contributed by atoms with Gasteiger partial charge in [-0.1, -0.05) is 43.4 Å². The maximum Gasteiger partial charge on any atom is 0.261 e. The number of anilines is 1. The van der Waals surface area contributed by atoms with Gasteiger partial charge >= 0.3 is 0 Å². The summed E-state index contributed by atoms with van der Waals surface area (Å²) >= 11 is 0. The van der Waals surface area contributed by atoms with Crippen LogP contribution in [0.25, 0.3) is 33.5 Å². The van der Waals surface area contributed by atoms with Crippen LogP contribution in [0.4, 0.5) is 18.9 Å². The van der Waals surface area contributed by atoms with Crippen LogP contribution in [0.1, 0.15) is 5.56 Å². The number of aryl methyl sites for hydroxylation is 1. The molecule has 0 aliphatic heterocycles. The molecule has 2 aromatic heterocycles. The minimum Gasteiger partial charge on any atom is -0.360 e. The van der Waals surface area contributed by atoms with Gasteiger partial charge in [-0.05, 0) is 43.3 Å². The standard InChI is InChI=1S/C29H30F3N5O3SSi/c1-18-5-7-19(8-6-18)41(38,39)36-23-12-11-22(30)24(26(23)32)20-9-10-21-27(29-33-13-14-34-29)35-37(28(21)25(20)31)17-40-15-16-42(2,3)4/h5-14,36H,15-17H2,1-4H3,(H,33,34). The first-order chi connectivity index (χ1) is 19.9. The third-order valence-electron chi connectivity index (χ3n) is 6.72. The molecule has 0 radical (unpaired) electrons. The number of H-pyrrole nitrogens is 1. The first-order valence-electron chi connectivity index (χ1n) is 13.2. The predicted molar refractivity (Wildman–Crippen MR) is 159 cm³/mol. The molecular formula is C29H30F3N5O3SSi. The fraction of sp³-hybridized carbons (Fsp3) is 0.241. The molecule has 8 nitrogen and oxygen atoms in total.